The fourth-order valence-electron chi connectivity index (χ4n) is 2.29. The third-order valence-electron chi connectivity index (χ3n) is 3.45. The lowest BCUT2D eigenvalue weighted by Gasteiger charge is -2.31. The lowest BCUT2D eigenvalue weighted by molar-refractivity contribution is 0.00945. The van der Waals surface area contributed by atoms with Gasteiger partial charge in [-0.25, -0.2) is 17.9 Å². The van der Waals surface area contributed by atoms with Crippen molar-refractivity contribution in [1.82, 2.24) is 14.7 Å². The molecule has 20 heavy (non-hydrogen) atoms. The second-order valence-electron chi connectivity index (χ2n) is 5.05. The van der Waals surface area contributed by atoms with Gasteiger partial charge in [0, 0.05) is 12.7 Å². The number of H-pyrrole nitrogens is 2. The fourth-order valence-corrected chi connectivity index (χ4v) is 3.41. The van der Waals surface area contributed by atoms with Crippen molar-refractivity contribution in [1.29, 1.82) is 0 Å². The average molecular weight is 303 g/mol. The molecule has 1 aliphatic carbocycles. The molecule has 0 spiro atoms. The smallest absolute Gasteiger partial charge is 0.325 e. The van der Waals surface area contributed by atoms with E-state index in [2.05, 4.69) is 9.71 Å². The Kier molecular flexibility index (Phi) is 4.11. The molecule has 1 aromatic heterocycles. The van der Waals surface area contributed by atoms with E-state index in [1.54, 1.807) is 0 Å². The van der Waals surface area contributed by atoms with Crippen molar-refractivity contribution >= 4 is 10.0 Å². The van der Waals surface area contributed by atoms with Crippen LogP contribution in [-0.4, -0.2) is 35.6 Å². The van der Waals surface area contributed by atoms with Gasteiger partial charge in [0.2, 0.25) is 10.0 Å². The van der Waals surface area contributed by atoms with Crippen LogP contribution in [0.3, 0.4) is 0 Å². The molecule has 2 rings (SSSR count). The Morgan fingerprint density at radius 3 is 2.50 bits per heavy atom. The van der Waals surface area contributed by atoms with Crippen molar-refractivity contribution in [2.75, 3.05) is 6.54 Å². The van der Waals surface area contributed by atoms with E-state index < -0.39 is 31.8 Å². The van der Waals surface area contributed by atoms with Crippen LogP contribution >= 0.6 is 0 Å². The number of hydrogen-bond donors (Lipinski definition) is 4. The third-order valence-corrected chi connectivity index (χ3v) is 4.86. The molecule has 0 amide bonds. The van der Waals surface area contributed by atoms with E-state index in [9.17, 15) is 23.1 Å². The zero-order valence-electron chi connectivity index (χ0n) is 10.8. The van der Waals surface area contributed by atoms with Crippen molar-refractivity contribution in [3.05, 3.63) is 27.0 Å². The van der Waals surface area contributed by atoms with E-state index in [1.807, 2.05) is 4.98 Å². The Hall–Kier alpha value is -1.45. The summed E-state index contributed by atoms with van der Waals surface area (Å²) >= 11 is 0. The van der Waals surface area contributed by atoms with E-state index in [4.69, 9.17) is 0 Å². The summed E-state index contributed by atoms with van der Waals surface area (Å²) in [7, 11) is -4.07. The molecule has 0 aliphatic heterocycles. The maximum absolute atomic E-state index is 12.0. The Morgan fingerprint density at radius 1 is 1.25 bits per heavy atom. The maximum Gasteiger partial charge on any atom is 0.325 e. The van der Waals surface area contributed by atoms with Crippen LogP contribution in [0.4, 0.5) is 0 Å². The summed E-state index contributed by atoms with van der Waals surface area (Å²) in [5.74, 6) is 0. The van der Waals surface area contributed by atoms with Gasteiger partial charge in [-0.15, -0.1) is 0 Å². The highest BCUT2D eigenvalue weighted by Crippen LogP contribution is 2.27. The summed E-state index contributed by atoms with van der Waals surface area (Å²) in [6, 6.07) is 0. The van der Waals surface area contributed by atoms with Crippen LogP contribution in [0.1, 0.15) is 32.1 Å². The van der Waals surface area contributed by atoms with Crippen LogP contribution in [-0.2, 0) is 10.0 Å². The van der Waals surface area contributed by atoms with E-state index in [-0.39, 0.29) is 6.54 Å². The highest BCUT2D eigenvalue weighted by Gasteiger charge is 2.31. The average Bonchev–Trinajstić information content (AvgIpc) is 2.37. The summed E-state index contributed by atoms with van der Waals surface area (Å²) in [4.78, 5) is 25.7. The van der Waals surface area contributed by atoms with E-state index in [0.29, 0.717) is 12.8 Å². The molecular weight excluding hydrogens is 286 g/mol. The monoisotopic (exact) mass is 303 g/mol. The van der Waals surface area contributed by atoms with Gasteiger partial charge in [-0.05, 0) is 12.8 Å². The molecule has 0 unspecified atom stereocenters. The maximum atomic E-state index is 12.0. The summed E-state index contributed by atoms with van der Waals surface area (Å²) in [5, 5.41) is 10.2. The quantitative estimate of drug-likeness (QED) is 0.568. The highest BCUT2D eigenvalue weighted by molar-refractivity contribution is 7.89. The van der Waals surface area contributed by atoms with Gasteiger partial charge in [0.05, 0.1) is 5.60 Å². The topological polar surface area (TPSA) is 132 Å². The Labute approximate surface area is 115 Å². The number of aliphatic hydroxyl groups is 1. The summed E-state index contributed by atoms with van der Waals surface area (Å²) in [6.07, 6.45) is 4.60. The molecule has 0 atom stereocenters. The molecule has 0 aromatic carbocycles. The van der Waals surface area contributed by atoms with Crippen LogP contribution < -0.4 is 16.0 Å². The van der Waals surface area contributed by atoms with Gasteiger partial charge < -0.3 is 10.1 Å². The molecule has 1 aromatic rings. The van der Waals surface area contributed by atoms with Crippen molar-refractivity contribution < 1.29 is 13.5 Å². The number of aromatic nitrogens is 2. The van der Waals surface area contributed by atoms with Crippen molar-refractivity contribution in [3.8, 4) is 0 Å². The van der Waals surface area contributed by atoms with E-state index in [0.717, 1.165) is 25.5 Å². The molecular formula is C11H17N3O5S. The molecule has 4 N–H and O–H groups in total. The van der Waals surface area contributed by atoms with Crippen molar-refractivity contribution in [2.24, 2.45) is 0 Å². The zero-order valence-corrected chi connectivity index (χ0v) is 11.6. The van der Waals surface area contributed by atoms with Gasteiger partial charge in [0.25, 0.3) is 5.56 Å². The summed E-state index contributed by atoms with van der Waals surface area (Å²) < 4.78 is 26.2. The summed E-state index contributed by atoms with van der Waals surface area (Å²) in [6.45, 7) is -0.145. The second-order valence-corrected chi connectivity index (χ2v) is 6.78. The van der Waals surface area contributed by atoms with Gasteiger partial charge in [0.1, 0.15) is 0 Å². The first-order valence-electron chi connectivity index (χ1n) is 6.37. The third kappa shape index (κ3) is 3.35. The number of sulfonamides is 1. The van der Waals surface area contributed by atoms with Crippen LogP contribution in [0.5, 0.6) is 0 Å². The summed E-state index contributed by atoms with van der Waals surface area (Å²) in [5.41, 5.74) is -2.84. The minimum atomic E-state index is -4.07. The lowest BCUT2D eigenvalue weighted by Crippen LogP contribution is -2.45. The van der Waals surface area contributed by atoms with Gasteiger partial charge in [-0.1, -0.05) is 19.3 Å². The van der Waals surface area contributed by atoms with Gasteiger partial charge in [-0.2, -0.15) is 0 Å². The van der Waals surface area contributed by atoms with Crippen molar-refractivity contribution in [3.63, 3.8) is 0 Å². The predicted molar refractivity (Wildman–Crippen MR) is 70.9 cm³/mol. The molecule has 0 radical (unpaired) electrons. The Bertz CT molecular complexity index is 685. The molecule has 0 bridgehead atoms. The van der Waals surface area contributed by atoms with Crippen LogP contribution in [0.2, 0.25) is 0 Å². The number of aromatic amines is 2. The van der Waals surface area contributed by atoms with Gasteiger partial charge in [0.15, 0.2) is 4.90 Å². The molecule has 1 saturated carbocycles. The lowest BCUT2D eigenvalue weighted by atomic mass is 9.85. The molecule has 1 aliphatic rings. The zero-order chi connectivity index (χ0) is 14.8. The van der Waals surface area contributed by atoms with E-state index in [1.165, 1.54) is 0 Å². The van der Waals surface area contributed by atoms with Crippen LogP contribution in [0, 0.1) is 0 Å². The van der Waals surface area contributed by atoms with Crippen molar-refractivity contribution in [2.45, 2.75) is 42.6 Å². The molecule has 1 fully saturated rings. The molecule has 112 valence electrons. The Morgan fingerprint density at radius 2 is 1.90 bits per heavy atom. The highest BCUT2D eigenvalue weighted by atomic mass is 32.2. The van der Waals surface area contributed by atoms with Gasteiger partial charge in [-0.3, -0.25) is 9.78 Å². The molecule has 0 saturated heterocycles. The fraction of sp³-hybridized carbons (Fsp3) is 0.636. The first-order valence-corrected chi connectivity index (χ1v) is 7.85. The predicted octanol–water partition coefficient (Wildman–Crippen LogP) is -0.963. The van der Waals surface area contributed by atoms with E-state index >= 15 is 0 Å². The largest absolute Gasteiger partial charge is 0.389 e. The number of hydrogen-bond acceptors (Lipinski definition) is 5. The van der Waals surface area contributed by atoms with Crippen LogP contribution in [0.15, 0.2) is 20.7 Å². The standard InChI is InChI=1S/C11H17N3O5S/c15-9-8(6-12-10(16)14-9)20(18,19)13-7-11(17)4-2-1-3-5-11/h6,13,17H,1-5,7H2,(H2,12,14,15,16). The first-order chi connectivity index (χ1) is 9.32. The normalized spacial score (nSPS) is 18.9. The van der Waals surface area contributed by atoms with Crippen LogP contribution in [0.25, 0.3) is 0 Å². The molecule has 9 heteroatoms. The first kappa shape index (κ1) is 14.9. The minimum Gasteiger partial charge on any atom is -0.389 e. The van der Waals surface area contributed by atoms with Gasteiger partial charge >= 0.3 is 5.69 Å². The number of rotatable bonds is 4. The Balaban J connectivity index is 2.15. The number of nitrogens with one attached hydrogen (secondary N) is 3. The molecule has 1 heterocycles. The SMILES string of the molecule is O=c1[nH]cc(S(=O)(=O)NCC2(O)CCCCC2)c(=O)[nH]1. The molecule has 8 nitrogen and oxygen atoms in total. The second kappa shape index (κ2) is 5.51. The minimum absolute atomic E-state index is 0.145.